The van der Waals surface area contributed by atoms with Gasteiger partial charge in [0.1, 0.15) is 5.75 Å². The van der Waals surface area contributed by atoms with Gasteiger partial charge in [0, 0.05) is 18.4 Å². The van der Waals surface area contributed by atoms with E-state index in [4.69, 9.17) is 23.0 Å². The van der Waals surface area contributed by atoms with Gasteiger partial charge in [-0.25, -0.2) is 4.98 Å². The molecule has 35 heavy (non-hydrogen) atoms. The predicted octanol–water partition coefficient (Wildman–Crippen LogP) is 5.03. The highest BCUT2D eigenvalue weighted by Gasteiger charge is 2.54. The minimum Gasteiger partial charge on any atom is -0.494 e. The Morgan fingerprint density at radius 1 is 0.771 bits per heavy atom. The van der Waals surface area contributed by atoms with Crippen molar-refractivity contribution in [3.63, 3.8) is 0 Å². The number of hydrogen-bond donors (Lipinski definition) is 0. The van der Waals surface area contributed by atoms with E-state index in [2.05, 4.69) is 34.2 Å². The quantitative estimate of drug-likeness (QED) is 0.257. The lowest BCUT2D eigenvalue weighted by Crippen LogP contribution is -2.38. The Kier molecular flexibility index (Phi) is 6.09. The molecule has 4 aromatic rings. The Hall–Kier alpha value is -3.43. The third-order valence-corrected chi connectivity index (χ3v) is 8.96. The first kappa shape index (κ1) is 22.1. The van der Waals surface area contributed by atoms with Gasteiger partial charge in [0.05, 0.1) is 48.7 Å². The number of fused-ring (bicyclic) bond motifs is 2. The molecule has 2 bridgehead atoms. The first-order chi connectivity index (χ1) is 17.3. The molecular weight excluding hydrogens is 458 g/mol. The maximum atomic E-state index is 5.97. The molecule has 2 aliphatic heterocycles. The summed E-state index contributed by atoms with van der Waals surface area (Å²) >= 11 is 0. The maximum absolute atomic E-state index is 5.97. The highest BCUT2D eigenvalue weighted by atomic mass is 28.4. The van der Waals surface area contributed by atoms with Crippen molar-refractivity contribution in [2.24, 2.45) is 0 Å². The molecule has 0 spiro atoms. The van der Waals surface area contributed by atoms with Gasteiger partial charge in [-0.1, -0.05) is 24.3 Å². The summed E-state index contributed by atoms with van der Waals surface area (Å²) in [6.45, 7) is 1.94. The van der Waals surface area contributed by atoms with Crippen LogP contribution in [0.15, 0.2) is 85.2 Å². The molecule has 2 saturated heterocycles. The van der Waals surface area contributed by atoms with Crippen LogP contribution in [-0.4, -0.2) is 49.7 Å². The van der Waals surface area contributed by atoms with Gasteiger partial charge in [-0.2, -0.15) is 0 Å². The molecule has 0 saturated carbocycles. The molecule has 6 rings (SSSR count). The first-order valence-corrected chi connectivity index (χ1v) is 13.7. The highest BCUT2D eigenvalue weighted by Crippen LogP contribution is 2.33. The van der Waals surface area contributed by atoms with Crippen molar-refractivity contribution in [2.75, 3.05) is 19.8 Å². The summed E-state index contributed by atoms with van der Waals surface area (Å²) in [4.78, 5) is 13.8. The van der Waals surface area contributed by atoms with Gasteiger partial charge in [0.2, 0.25) is 0 Å². The molecule has 0 N–H and O–H groups in total. The van der Waals surface area contributed by atoms with Crippen LogP contribution in [0.2, 0.25) is 6.04 Å². The van der Waals surface area contributed by atoms with E-state index in [0.29, 0.717) is 19.8 Å². The first-order valence-electron chi connectivity index (χ1n) is 11.8. The molecule has 176 valence electrons. The Bertz CT molecular complexity index is 1220. The van der Waals surface area contributed by atoms with Crippen LogP contribution in [0.5, 0.6) is 5.75 Å². The number of pyridine rings is 3. The lowest BCUT2D eigenvalue weighted by molar-refractivity contribution is 0.146. The van der Waals surface area contributed by atoms with E-state index in [1.165, 1.54) is 0 Å². The molecule has 0 unspecified atom stereocenters. The number of ether oxygens (including phenoxy) is 1. The van der Waals surface area contributed by atoms with E-state index in [1.807, 2.05) is 48.5 Å². The molecule has 2 aliphatic rings. The average molecular weight is 484 g/mol. The molecule has 5 heterocycles. The zero-order chi connectivity index (χ0) is 23.5. The van der Waals surface area contributed by atoms with Crippen LogP contribution >= 0.6 is 0 Å². The number of hydrogen-bond acceptors (Lipinski definition) is 7. The van der Waals surface area contributed by atoms with Crippen LogP contribution in [0.1, 0.15) is 6.42 Å². The zero-order valence-electron chi connectivity index (χ0n) is 19.2. The molecule has 0 radical (unpaired) electrons. The van der Waals surface area contributed by atoms with Crippen LogP contribution in [0.4, 0.5) is 0 Å². The van der Waals surface area contributed by atoms with E-state index < -0.39 is 8.80 Å². The lowest BCUT2D eigenvalue weighted by Gasteiger charge is -2.19. The number of benzene rings is 1. The van der Waals surface area contributed by atoms with Crippen molar-refractivity contribution >= 4 is 8.80 Å². The summed E-state index contributed by atoms with van der Waals surface area (Å²) in [6, 6.07) is 24.7. The summed E-state index contributed by atoms with van der Waals surface area (Å²) in [5.41, 5.74) is 5.37. The minimum absolute atomic E-state index is 0.139. The van der Waals surface area contributed by atoms with E-state index >= 15 is 0 Å². The van der Waals surface area contributed by atoms with E-state index in [1.54, 1.807) is 12.4 Å². The molecule has 2 fully saturated rings. The summed E-state index contributed by atoms with van der Waals surface area (Å²) in [7, 11) is -2.39. The highest BCUT2D eigenvalue weighted by molar-refractivity contribution is 6.61. The van der Waals surface area contributed by atoms with Gasteiger partial charge in [-0.05, 0) is 66.1 Å². The van der Waals surface area contributed by atoms with Crippen molar-refractivity contribution in [1.82, 2.24) is 15.0 Å². The van der Waals surface area contributed by atoms with Gasteiger partial charge in [0.25, 0.3) is 0 Å². The smallest absolute Gasteiger partial charge is 0.494 e. The van der Waals surface area contributed by atoms with Crippen molar-refractivity contribution in [2.45, 2.75) is 18.6 Å². The number of rotatable bonds is 8. The molecule has 0 aliphatic carbocycles. The monoisotopic (exact) mass is 483 g/mol. The number of aromatic nitrogens is 3. The normalized spacial score (nSPS) is 20.7. The van der Waals surface area contributed by atoms with Crippen molar-refractivity contribution in [3.05, 3.63) is 85.2 Å². The Labute approximate surface area is 205 Å². The fraction of sp³-hybridized carbons (Fsp3) is 0.222. The largest absolute Gasteiger partial charge is 0.501 e. The lowest BCUT2D eigenvalue weighted by atomic mass is 10.0. The molecule has 7 nitrogen and oxygen atoms in total. The maximum Gasteiger partial charge on any atom is 0.501 e. The Morgan fingerprint density at radius 2 is 1.43 bits per heavy atom. The van der Waals surface area contributed by atoms with Gasteiger partial charge in [-0.3, -0.25) is 9.97 Å². The predicted molar refractivity (Wildman–Crippen MR) is 134 cm³/mol. The van der Waals surface area contributed by atoms with E-state index in [-0.39, 0.29) is 6.10 Å². The fourth-order valence-corrected chi connectivity index (χ4v) is 7.06. The van der Waals surface area contributed by atoms with Gasteiger partial charge < -0.3 is 18.0 Å². The van der Waals surface area contributed by atoms with Gasteiger partial charge >= 0.3 is 8.80 Å². The standard InChI is InChI=1S/C27H25N3O4Si/c1-3-12-28-24(6-1)26-16-21(17-27(30-26)25-7-2-4-13-29-25)20-8-10-22(11-9-20)31-14-5-15-35-32-18-23(34-35)19-33-35/h1-4,6-13,16-17,23H,5,14-15,18-19H2. The summed E-state index contributed by atoms with van der Waals surface area (Å²) in [6.07, 6.45) is 4.53. The molecule has 8 heteroatoms. The van der Waals surface area contributed by atoms with Crippen LogP contribution in [0.25, 0.3) is 33.9 Å². The summed E-state index contributed by atoms with van der Waals surface area (Å²) < 4.78 is 23.4. The van der Waals surface area contributed by atoms with Gasteiger partial charge in [-0.15, -0.1) is 0 Å². The summed E-state index contributed by atoms with van der Waals surface area (Å²) in [5.74, 6) is 0.829. The van der Waals surface area contributed by atoms with Crippen molar-refractivity contribution < 1.29 is 18.0 Å². The topological polar surface area (TPSA) is 75.6 Å². The SMILES string of the molecule is c1ccc(-c2cc(-c3ccc(OCCC[Si]45OCC(CO4)O5)cc3)cc(-c3ccccn3)n2)nc1. The molecule has 0 atom stereocenters. The van der Waals surface area contributed by atoms with Crippen LogP contribution in [0, 0.1) is 0 Å². The van der Waals surface area contributed by atoms with Crippen LogP contribution < -0.4 is 4.74 Å². The second kappa shape index (κ2) is 9.67. The third-order valence-electron chi connectivity index (χ3n) is 6.09. The molecule has 0 amide bonds. The minimum atomic E-state index is -2.39. The van der Waals surface area contributed by atoms with E-state index in [0.717, 1.165) is 52.1 Å². The zero-order valence-corrected chi connectivity index (χ0v) is 20.2. The average Bonchev–Trinajstić information content (AvgIpc) is 3.54. The van der Waals surface area contributed by atoms with Crippen LogP contribution in [-0.2, 0) is 13.3 Å². The second-order valence-electron chi connectivity index (χ2n) is 8.58. The summed E-state index contributed by atoms with van der Waals surface area (Å²) in [5, 5.41) is 0. The fourth-order valence-electron chi connectivity index (χ4n) is 4.33. The Morgan fingerprint density at radius 3 is 1.97 bits per heavy atom. The third kappa shape index (κ3) is 4.87. The molecule has 1 aromatic carbocycles. The van der Waals surface area contributed by atoms with E-state index in [9.17, 15) is 0 Å². The van der Waals surface area contributed by atoms with Gasteiger partial charge in [0.15, 0.2) is 0 Å². The van der Waals surface area contributed by atoms with Crippen molar-refractivity contribution in [3.8, 4) is 39.7 Å². The van der Waals surface area contributed by atoms with Crippen molar-refractivity contribution in [1.29, 1.82) is 0 Å². The Balaban J connectivity index is 1.18. The molecule has 3 aromatic heterocycles. The van der Waals surface area contributed by atoms with Crippen LogP contribution in [0.3, 0.4) is 0 Å². The number of nitrogens with zero attached hydrogens (tertiary/aromatic N) is 3. The second-order valence-corrected chi connectivity index (χ2v) is 11.3. The molecular formula is C27H25N3O4Si.